The number of rotatable bonds is 6. The molecule has 21 heavy (non-hydrogen) atoms. The Labute approximate surface area is 126 Å². The molecule has 0 aromatic heterocycles. The summed E-state index contributed by atoms with van der Waals surface area (Å²) in [6.45, 7) is 2.11. The van der Waals surface area contributed by atoms with Gasteiger partial charge < -0.3 is 10.1 Å². The van der Waals surface area contributed by atoms with Gasteiger partial charge in [0.05, 0.1) is 7.11 Å². The number of nitrogens with one attached hydrogen (secondary N) is 1. The molecule has 0 saturated heterocycles. The van der Waals surface area contributed by atoms with Crippen LogP contribution in [0.2, 0.25) is 0 Å². The number of benzene rings is 2. The average molecular weight is 283 g/mol. The van der Waals surface area contributed by atoms with Crippen molar-refractivity contribution in [2.45, 2.75) is 26.2 Å². The van der Waals surface area contributed by atoms with E-state index in [0.717, 1.165) is 23.4 Å². The minimum absolute atomic E-state index is 0.0297. The van der Waals surface area contributed by atoms with E-state index in [4.69, 9.17) is 4.74 Å². The van der Waals surface area contributed by atoms with E-state index in [-0.39, 0.29) is 5.91 Å². The number of methoxy groups -OCH3 is 1. The first-order valence-electron chi connectivity index (χ1n) is 7.23. The van der Waals surface area contributed by atoms with Gasteiger partial charge in [0.25, 0.3) is 0 Å². The Balaban J connectivity index is 1.86. The fraction of sp³-hybridized carbons (Fsp3) is 0.278. The molecule has 110 valence electrons. The Morgan fingerprint density at radius 1 is 1.10 bits per heavy atom. The smallest absolute Gasteiger partial charge is 0.224 e. The molecule has 1 N–H and O–H groups in total. The lowest BCUT2D eigenvalue weighted by atomic mass is 10.1. The van der Waals surface area contributed by atoms with Crippen LogP contribution in [0, 0.1) is 0 Å². The Bertz CT molecular complexity index is 590. The van der Waals surface area contributed by atoms with Gasteiger partial charge in [-0.25, -0.2) is 0 Å². The minimum Gasteiger partial charge on any atom is -0.497 e. The molecule has 3 nitrogen and oxygen atoms in total. The predicted molar refractivity (Wildman–Crippen MR) is 85.8 cm³/mol. The Hall–Kier alpha value is -2.29. The van der Waals surface area contributed by atoms with Crippen LogP contribution < -0.4 is 10.1 Å². The molecule has 0 atom stereocenters. The zero-order valence-corrected chi connectivity index (χ0v) is 12.6. The van der Waals surface area contributed by atoms with Crippen LogP contribution in [0.1, 0.15) is 24.5 Å². The van der Waals surface area contributed by atoms with Gasteiger partial charge in [-0.05, 0) is 48.2 Å². The lowest BCUT2D eigenvalue weighted by molar-refractivity contribution is -0.116. The third-order valence-electron chi connectivity index (χ3n) is 3.42. The molecule has 0 heterocycles. The molecular weight excluding hydrogens is 262 g/mol. The molecule has 0 saturated carbocycles. The third kappa shape index (κ3) is 4.63. The third-order valence-corrected chi connectivity index (χ3v) is 3.42. The highest BCUT2D eigenvalue weighted by Crippen LogP contribution is 2.15. The summed E-state index contributed by atoms with van der Waals surface area (Å²) in [6, 6.07) is 15.8. The summed E-state index contributed by atoms with van der Waals surface area (Å²) in [6.07, 6.45) is 2.17. The summed E-state index contributed by atoms with van der Waals surface area (Å²) >= 11 is 0. The molecule has 2 aromatic rings. The van der Waals surface area contributed by atoms with E-state index in [1.165, 1.54) is 5.56 Å². The van der Waals surface area contributed by atoms with Crippen molar-refractivity contribution in [2.75, 3.05) is 12.4 Å². The summed E-state index contributed by atoms with van der Waals surface area (Å²) in [7, 11) is 1.64. The fourth-order valence-corrected chi connectivity index (χ4v) is 2.13. The van der Waals surface area contributed by atoms with Crippen LogP contribution in [0.4, 0.5) is 5.69 Å². The molecule has 2 aromatic carbocycles. The van der Waals surface area contributed by atoms with Crippen molar-refractivity contribution in [3.05, 3.63) is 59.7 Å². The van der Waals surface area contributed by atoms with Gasteiger partial charge in [0.1, 0.15) is 5.75 Å². The van der Waals surface area contributed by atoms with Crippen LogP contribution in [0.25, 0.3) is 0 Å². The maximum Gasteiger partial charge on any atom is 0.224 e. The van der Waals surface area contributed by atoms with Crippen LogP contribution in [0.15, 0.2) is 48.5 Å². The van der Waals surface area contributed by atoms with Crippen LogP contribution in [0.3, 0.4) is 0 Å². The van der Waals surface area contributed by atoms with Crippen LogP contribution in [-0.4, -0.2) is 13.0 Å². The SMILES string of the molecule is CCc1ccc(NC(=O)CCc2cccc(OC)c2)cc1. The highest BCUT2D eigenvalue weighted by molar-refractivity contribution is 5.90. The molecule has 0 aliphatic rings. The van der Waals surface area contributed by atoms with Gasteiger partial charge in [0.2, 0.25) is 5.91 Å². The topological polar surface area (TPSA) is 38.3 Å². The molecule has 0 aliphatic heterocycles. The van der Waals surface area contributed by atoms with Gasteiger partial charge in [-0.3, -0.25) is 4.79 Å². The van der Waals surface area contributed by atoms with E-state index in [1.807, 2.05) is 48.5 Å². The van der Waals surface area contributed by atoms with Crippen LogP contribution >= 0.6 is 0 Å². The predicted octanol–water partition coefficient (Wildman–Crippen LogP) is 3.83. The second kappa shape index (κ2) is 7.48. The molecule has 1 amide bonds. The number of hydrogen-bond acceptors (Lipinski definition) is 2. The molecule has 0 spiro atoms. The summed E-state index contributed by atoms with van der Waals surface area (Å²) in [5.74, 6) is 0.852. The maximum absolute atomic E-state index is 12.0. The highest BCUT2D eigenvalue weighted by Gasteiger charge is 2.04. The van der Waals surface area contributed by atoms with Crippen LogP contribution in [-0.2, 0) is 17.6 Å². The monoisotopic (exact) mass is 283 g/mol. The second-order valence-electron chi connectivity index (χ2n) is 4.95. The van der Waals surface area contributed by atoms with Crippen molar-refractivity contribution in [3.8, 4) is 5.75 Å². The van der Waals surface area contributed by atoms with Crippen molar-refractivity contribution in [1.82, 2.24) is 0 Å². The lowest BCUT2D eigenvalue weighted by Gasteiger charge is -2.07. The van der Waals surface area contributed by atoms with E-state index in [0.29, 0.717) is 12.8 Å². The zero-order chi connectivity index (χ0) is 15.1. The van der Waals surface area contributed by atoms with E-state index in [1.54, 1.807) is 7.11 Å². The number of anilines is 1. The van der Waals surface area contributed by atoms with Crippen molar-refractivity contribution < 1.29 is 9.53 Å². The largest absolute Gasteiger partial charge is 0.497 e. The normalized spacial score (nSPS) is 10.2. The summed E-state index contributed by atoms with van der Waals surface area (Å²) < 4.78 is 5.18. The molecule has 0 aliphatic carbocycles. The molecular formula is C18H21NO2. The number of amides is 1. The Kier molecular flexibility index (Phi) is 5.38. The highest BCUT2D eigenvalue weighted by atomic mass is 16.5. The first-order chi connectivity index (χ1) is 10.2. The summed E-state index contributed by atoms with van der Waals surface area (Å²) in [4.78, 5) is 12.0. The van der Waals surface area contributed by atoms with E-state index >= 15 is 0 Å². The number of carbonyl (C=O) groups is 1. The maximum atomic E-state index is 12.0. The van der Waals surface area contributed by atoms with Crippen molar-refractivity contribution in [3.63, 3.8) is 0 Å². The number of ether oxygens (including phenoxy) is 1. The molecule has 2 rings (SSSR count). The summed E-state index contributed by atoms with van der Waals surface area (Å²) in [5.41, 5.74) is 3.22. The van der Waals surface area contributed by atoms with Crippen molar-refractivity contribution in [2.24, 2.45) is 0 Å². The van der Waals surface area contributed by atoms with E-state index < -0.39 is 0 Å². The second-order valence-corrected chi connectivity index (χ2v) is 4.95. The first kappa shape index (κ1) is 15.1. The molecule has 0 bridgehead atoms. The molecule has 0 fully saturated rings. The van der Waals surface area contributed by atoms with E-state index in [9.17, 15) is 4.79 Å². The lowest BCUT2D eigenvalue weighted by Crippen LogP contribution is -2.12. The standard InChI is InChI=1S/C18H21NO2/c1-3-14-7-10-16(11-8-14)19-18(20)12-9-15-5-4-6-17(13-15)21-2/h4-8,10-11,13H,3,9,12H2,1-2H3,(H,19,20). The van der Waals surface area contributed by atoms with Crippen molar-refractivity contribution >= 4 is 11.6 Å². The van der Waals surface area contributed by atoms with Gasteiger partial charge >= 0.3 is 0 Å². The quantitative estimate of drug-likeness (QED) is 0.875. The Morgan fingerprint density at radius 2 is 1.86 bits per heavy atom. The van der Waals surface area contributed by atoms with Gasteiger partial charge in [-0.1, -0.05) is 31.2 Å². The Morgan fingerprint density at radius 3 is 2.52 bits per heavy atom. The number of hydrogen-bond donors (Lipinski definition) is 1. The van der Waals surface area contributed by atoms with Crippen molar-refractivity contribution in [1.29, 1.82) is 0 Å². The van der Waals surface area contributed by atoms with Gasteiger partial charge in [0, 0.05) is 12.1 Å². The zero-order valence-electron chi connectivity index (χ0n) is 12.6. The first-order valence-corrected chi connectivity index (χ1v) is 7.23. The fourth-order valence-electron chi connectivity index (χ4n) is 2.13. The van der Waals surface area contributed by atoms with Gasteiger partial charge in [0.15, 0.2) is 0 Å². The number of carbonyl (C=O) groups excluding carboxylic acids is 1. The minimum atomic E-state index is 0.0297. The van der Waals surface area contributed by atoms with Gasteiger partial charge in [-0.2, -0.15) is 0 Å². The summed E-state index contributed by atoms with van der Waals surface area (Å²) in [5, 5.41) is 2.92. The van der Waals surface area contributed by atoms with E-state index in [2.05, 4.69) is 12.2 Å². The molecule has 0 radical (unpaired) electrons. The molecule has 3 heteroatoms. The van der Waals surface area contributed by atoms with Crippen LogP contribution in [0.5, 0.6) is 5.75 Å². The average Bonchev–Trinajstić information content (AvgIpc) is 2.54. The molecule has 0 unspecified atom stereocenters. The van der Waals surface area contributed by atoms with Gasteiger partial charge in [-0.15, -0.1) is 0 Å². The number of aryl methyl sites for hydroxylation is 2.